The summed E-state index contributed by atoms with van der Waals surface area (Å²) in [6, 6.07) is 18.5. The van der Waals surface area contributed by atoms with Crippen molar-refractivity contribution in [3.63, 3.8) is 0 Å². The third kappa shape index (κ3) is 2.66. The van der Waals surface area contributed by atoms with Gasteiger partial charge in [0.25, 0.3) is 0 Å². The summed E-state index contributed by atoms with van der Waals surface area (Å²) in [5.74, 6) is 0. The number of thiophene rings is 1. The highest BCUT2D eigenvalue weighted by molar-refractivity contribution is 7.94. The number of sulfone groups is 1. The van der Waals surface area contributed by atoms with Gasteiger partial charge in [-0.05, 0) is 35.7 Å². The molecule has 0 fully saturated rings. The van der Waals surface area contributed by atoms with Gasteiger partial charge in [-0.25, -0.2) is 8.42 Å². The second-order valence-electron chi connectivity index (χ2n) is 4.35. The lowest BCUT2D eigenvalue weighted by atomic mass is 10.2. The summed E-state index contributed by atoms with van der Waals surface area (Å²) in [5, 5.41) is 2.40. The van der Waals surface area contributed by atoms with E-state index < -0.39 is 9.84 Å². The van der Waals surface area contributed by atoms with Crippen LogP contribution < -0.4 is 0 Å². The molecule has 3 aromatic rings. The zero-order chi connectivity index (χ0) is 14.0. The number of hydrogen-bond acceptors (Lipinski definition) is 3. The molecule has 1 aromatic heterocycles. The average Bonchev–Trinajstić information content (AvgIpc) is 2.89. The predicted octanol–water partition coefficient (Wildman–Crippen LogP) is 4.35. The van der Waals surface area contributed by atoms with Gasteiger partial charge in [-0.2, -0.15) is 0 Å². The maximum atomic E-state index is 12.1. The van der Waals surface area contributed by atoms with Crippen LogP contribution in [-0.4, -0.2) is 8.42 Å². The van der Waals surface area contributed by atoms with E-state index in [-0.39, 0.29) is 0 Å². The van der Waals surface area contributed by atoms with E-state index >= 15 is 0 Å². The highest BCUT2D eigenvalue weighted by atomic mass is 32.2. The minimum absolute atomic E-state index is 0.317. The molecule has 0 N–H and O–H groups in total. The number of fused-ring (bicyclic) bond motifs is 1. The molecule has 0 aliphatic carbocycles. The molecule has 0 aliphatic rings. The maximum Gasteiger partial charge on any atom is 0.199 e. The fourth-order valence-electron chi connectivity index (χ4n) is 1.93. The molecule has 0 saturated carbocycles. The van der Waals surface area contributed by atoms with E-state index in [4.69, 9.17) is 0 Å². The minimum Gasteiger partial charge on any atom is -0.219 e. The first-order valence-electron chi connectivity index (χ1n) is 6.12. The van der Waals surface area contributed by atoms with Gasteiger partial charge in [0.1, 0.15) is 0 Å². The molecule has 2 aromatic carbocycles. The highest BCUT2D eigenvalue weighted by Gasteiger charge is 2.09. The van der Waals surface area contributed by atoms with E-state index in [0.29, 0.717) is 4.90 Å². The van der Waals surface area contributed by atoms with Crippen molar-refractivity contribution in [2.45, 2.75) is 4.90 Å². The lowest BCUT2D eigenvalue weighted by molar-refractivity contribution is 0.605. The second-order valence-corrected chi connectivity index (χ2v) is 7.30. The predicted molar refractivity (Wildman–Crippen MR) is 84.5 cm³/mol. The van der Waals surface area contributed by atoms with Gasteiger partial charge in [0.15, 0.2) is 9.84 Å². The highest BCUT2D eigenvalue weighted by Crippen LogP contribution is 2.26. The number of benzene rings is 2. The van der Waals surface area contributed by atoms with E-state index in [9.17, 15) is 8.42 Å². The van der Waals surface area contributed by atoms with E-state index in [1.54, 1.807) is 47.7 Å². The summed E-state index contributed by atoms with van der Waals surface area (Å²) in [4.78, 5) is 1.25. The van der Waals surface area contributed by atoms with Crippen molar-refractivity contribution in [2.75, 3.05) is 0 Å². The largest absolute Gasteiger partial charge is 0.219 e. The normalized spacial score (nSPS) is 12.2. The van der Waals surface area contributed by atoms with Gasteiger partial charge in [0.05, 0.1) is 4.90 Å². The van der Waals surface area contributed by atoms with Gasteiger partial charge in [0.2, 0.25) is 0 Å². The molecule has 0 atom stereocenters. The molecular formula is C16H12O2S2. The Kier molecular flexibility index (Phi) is 3.42. The molecule has 0 saturated heterocycles. The van der Waals surface area contributed by atoms with Gasteiger partial charge in [0, 0.05) is 15.0 Å². The van der Waals surface area contributed by atoms with Gasteiger partial charge in [-0.1, -0.05) is 36.4 Å². The van der Waals surface area contributed by atoms with Crippen LogP contribution in [-0.2, 0) is 9.84 Å². The van der Waals surface area contributed by atoms with Crippen molar-refractivity contribution in [2.24, 2.45) is 0 Å². The standard InChI is InChI=1S/C16H12O2S2/c17-20(18,15-7-2-1-3-8-15)11-10-14-12-13-6-4-5-9-16(13)19-14/h1-12H/b11-10+. The van der Waals surface area contributed by atoms with Crippen molar-refractivity contribution in [1.29, 1.82) is 0 Å². The Morgan fingerprint density at radius 3 is 2.35 bits per heavy atom. The summed E-state index contributed by atoms with van der Waals surface area (Å²) in [5.41, 5.74) is 0. The van der Waals surface area contributed by atoms with Crippen LogP contribution >= 0.6 is 11.3 Å². The summed E-state index contributed by atoms with van der Waals surface area (Å²) < 4.78 is 25.4. The fourth-order valence-corrected chi connectivity index (χ4v) is 4.00. The summed E-state index contributed by atoms with van der Waals surface area (Å²) >= 11 is 1.58. The van der Waals surface area contributed by atoms with E-state index in [1.807, 2.05) is 30.3 Å². The first-order chi connectivity index (χ1) is 9.65. The molecule has 0 aliphatic heterocycles. The van der Waals surface area contributed by atoms with Crippen LogP contribution in [0.5, 0.6) is 0 Å². The van der Waals surface area contributed by atoms with E-state index in [2.05, 4.69) is 0 Å². The van der Waals surface area contributed by atoms with Crippen molar-refractivity contribution >= 4 is 37.3 Å². The Hall–Kier alpha value is -1.91. The maximum absolute atomic E-state index is 12.1. The zero-order valence-corrected chi connectivity index (χ0v) is 12.2. The molecular weight excluding hydrogens is 288 g/mol. The second kappa shape index (κ2) is 5.23. The SMILES string of the molecule is O=S(=O)(/C=C/c1cc2ccccc2s1)c1ccccc1. The molecule has 4 heteroatoms. The summed E-state index contributed by atoms with van der Waals surface area (Å²) in [6.07, 6.45) is 1.66. The van der Waals surface area contributed by atoms with Crippen LogP contribution in [0.2, 0.25) is 0 Å². The third-order valence-electron chi connectivity index (χ3n) is 2.93. The smallest absolute Gasteiger partial charge is 0.199 e. The number of rotatable bonds is 3. The van der Waals surface area contributed by atoms with Crippen LogP contribution in [0.1, 0.15) is 4.88 Å². The lowest BCUT2D eigenvalue weighted by Crippen LogP contribution is -1.94. The van der Waals surface area contributed by atoms with Crippen molar-refractivity contribution in [1.82, 2.24) is 0 Å². The zero-order valence-electron chi connectivity index (χ0n) is 10.6. The molecule has 0 amide bonds. The molecule has 3 rings (SSSR count). The van der Waals surface area contributed by atoms with Crippen LogP contribution in [0, 0.1) is 0 Å². The van der Waals surface area contributed by atoms with E-state index in [1.165, 1.54) is 5.41 Å². The summed E-state index contributed by atoms with van der Waals surface area (Å²) in [7, 11) is -3.37. The molecule has 0 bridgehead atoms. The van der Waals surface area contributed by atoms with Crippen molar-refractivity contribution in [3.8, 4) is 0 Å². The Labute approximate surface area is 121 Å². The van der Waals surface area contributed by atoms with Gasteiger partial charge < -0.3 is 0 Å². The Bertz CT molecular complexity index is 827. The van der Waals surface area contributed by atoms with Gasteiger partial charge in [-0.15, -0.1) is 11.3 Å². The first kappa shape index (κ1) is 13.1. The topological polar surface area (TPSA) is 34.1 Å². The minimum atomic E-state index is -3.37. The molecule has 0 spiro atoms. The van der Waals surface area contributed by atoms with Crippen LogP contribution in [0.25, 0.3) is 16.2 Å². The molecule has 1 heterocycles. The van der Waals surface area contributed by atoms with Crippen LogP contribution in [0.4, 0.5) is 0 Å². The van der Waals surface area contributed by atoms with Gasteiger partial charge >= 0.3 is 0 Å². The number of hydrogen-bond donors (Lipinski definition) is 0. The Morgan fingerprint density at radius 2 is 1.60 bits per heavy atom. The van der Waals surface area contributed by atoms with Crippen LogP contribution in [0.15, 0.2) is 71.0 Å². The van der Waals surface area contributed by atoms with Crippen molar-refractivity contribution < 1.29 is 8.42 Å². The monoisotopic (exact) mass is 300 g/mol. The Morgan fingerprint density at radius 1 is 0.900 bits per heavy atom. The van der Waals surface area contributed by atoms with Crippen LogP contribution in [0.3, 0.4) is 0 Å². The fraction of sp³-hybridized carbons (Fsp3) is 0. The quantitative estimate of drug-likeness (QED) is 0.721. The average molecular weight is 300 g/mol. The lowest BCUT2D eigenvalue weighted by Gasteiger charge is -1.96. The molecule has 2 nitrogen and oxygen atoms in total. The molecule has 20 heavy (non-hydrogen) atoms. The molecule has 0 unspecified atom stereocenters. The summed E-state index contributed by atoms with van der Waals surface area (Å²) in [6.45, 7) is 0. The molecule has 100 valence electrons. The van der Waals surface area contributed by atoms with Crippen molar-refractivity contribution in [3.05, 3.63) is 70.9 Å². The molecule has 0 radical (unpaired) electrons. The van der Waals surface area contributed by atoms with E-state index in [0.717, 1.165) is 15.0 Å². The Balaban J connectivity index is 1.94. The third-order valence-corrected chi connectivity index (χ3v) is 5.43. The van der Waals surface area contributed by atoms with Gasteiger partial charge in [-0.3, -0.25) is 0 Å². The first-order valence-corrected chi connectivity index (χ1v) is 8.48.